The number of aryl methyl sites for hydroxylation is 1. The van der Waals surface area contributed by atoms with E-state index in [0.717, 1.165) is 22.0 Å². The van der Waals surface area contributed by atoms with E-state index in [-0.39, 0.29) is 5.95 Å². The summed E-state index contributed by atoms with van der Waals surface area (Å²) in [5.41, 5.74) is 7.47. The smallest absolute Gasteiger partial charge is 0.220 e. The molecule has 2 aromatic heterocycles. The van der Waals surface area contributed by atoms with E-state index in [9.17, 15) is 0 Å². The number of nitrogens with zero attached hydrogens (tertiary/aromatic N) is 4. The van der Waals surface area contributed by atoms with Crippen LogP contribution >= 0.6 is 11.3 Å². The highest BCUT2D eigenvalue weighted by Crippen LogP contribution is 2.32. The lowest BCUT2D eigenvalue weighted by molar-refractivity contribution is 0.937. The zero-order chi connectivity index (χ0) is 14.0. The van der Waals surface area contributed by atoms with Gasteiger partial charge in [-0.15, -0.1) is 11.3 Å². The lowest BCUT2D eigenvalue weighted by Crippen LogP contribution is -1.98. The number of aromatic nitrogens is 3. The van der Waals surface area contributed by atoms with Crippen LogP contribution in [0, 0.1) is 24.2 Å². The Morgan fingerprint density at radius 2 is 2.16 bits per heavy atom. The summed E-state index contributed by atoms with van der Waals surface area (Å²) in [5, 5.41) is 10.1. The second-order valence-electron chi connectivity index (χ2n) is 4.51. The molecule has 6 heteroatoms. The van der Waals surface area contributed by atoms with Crippen molar-refractivity contribution in [1.82, 2.24) is 15.0 Å². The molecule has 0 bridgehead atoms. The number of nitrogen functional groups attached to an aromatic ring is 1. The predicted octanol–water partition coefficient (Wildman–Crippen LogP) is 2.52. The number of anilines is 1. The second kappa shape index (κ2) is 5.33. The van der Waals surface area contributed by atoms with Gasteiger partial charge in [-0.05, 0) is 12.8 Å². The first-order valence-electron chi connectivity index (χ1n) is 5.79. The third kappa shape index (κ3) is 2.88. The summed E-state index contributed by atoms with van der Waals surface area (Å²) in [4.78, 5) is 13.4. The molecule has 97 valence electrons. The highest BCUT2D eigenvalue weighted by atomic mass is 32.1. The van der Waals surface area contributed by atoms with E-state index in [1.807, 2.05) is 6.92 Å². The maximum Gasteiger partial charge on any atom is 0.220 e. The van der Waals surface area contributed by atoms with Gasteiger partial charge >= 0.3 is 0 Å². The van der Waals surface area contributed by atoms with Crippen molar-refractivity contribution in [2.45, 2.75) is 27.2 Å². The number of nitriles is 1. The van der Waals surface area contributed by atoms with Gasteiger partial charge in [0.1, 0.15) is 11.8 Å². The van der Waals surface area contributed by atoms with Gasteiger partial charge in [0.15, 0.2) is 0 Å². The topological polar surface area (TPSA) is 88.5 Å². The van der Waals surface area contributed by atoms with Crippen molar-refractivity contribution < 1.29 is 0 Å². The first kappa shape index (κ1) is 13.4. The van der Waals surface area contributed by atoms with E-state index in [0.29, 0.717) is 11.3 Å². The third-order valence-corrected chi connectivity index (χ3v) is 3.65. The highest BCUT2D eigenvalue weighted by Gasteiger charge is 2.16. The minimum absolute atomic E-state index is 0.168. The second-order valence-corrected chi connectivity index (χ2v) is 5.59. The van der Waals surface area contributed by atoms with Crippen molar-refractivity contribution >= 4 is 17.3 Å². The number of nitrogens with two attached hydrogens (primary N) is 1. The van der Waals surface area contributed by atoms with Crippen LogP contribution in [-0.4, -0.2) is 15.0 Å². The molecule has 2 aromatic rings. The van der Waals surface area contributed by atoms with Crippen LogP contribution in [0.2, 0.25) is 0 Å². The van der Waals surface area contributed by atoms with Crippen molar-refractivity contribution in [2.75, 3.05) is 5.73 Å². The SMILES string of the molecule is C[C](C)Cc1nc(C)c(-c2nc(N)ncc2C#N)s1. The maximum absolute atomic E-state index is 9.12. The fourth-order valence-electron chi connectivity index (χ4n) is 1.70. The van der Waals surface area contributed by atoms with Crippen LogP contribution in [0.15, 0.2) is 6.20 Å². The molecular formula is C13H14N5S. The van der Waals surface area contributed by atoms with Crippen molar-refractivity contribution in [3.63, 3.8) is 0 Å². The molecule has 0 unspecified atom stereocenters. The quantitative estimate of drug-likeness (QED) is 0.927. The van der Waals surface area contributed by atoms with Crippen LogP contribution in [0.5, 0.6) is 0 Å². The van der Waals surface area contributed by atoms with E-state index < -0.39 is 0 Å². The molecular weight excluding hydrogens is 258 g/mol. The normalized spacial score (nSPS) is 10.7. The average molecular weight is 272 g/mol. The first-order valence-corrected chi connectivity index (χ1v) is 6.61. The van der Waals surface area contributed by atoms with Gasteiger partial charge in [0.2, 0.25) is 5.95 Å². The van der Waals surface area contributed by atoms with Gasteiger partial charge in [-0.3, -0.25) is 0 Å². The molecule has 0 aliphatic rings. The van der Waals surface area contributed by atoms with Gasteiger partial charge in [0, 0.05) is 6.42 Å². The lowest BCUT2D eigenvalue weighted by Gasteiger charge is -2.01. The number of hydrogen-bond donors (Lipinski definition) is 1. The molecule has 0 atom stereocenters. The van der Waals surface area contributed by atoms with Crippen molar-refractivity contribution in [1.29, 1.82) is 5.26 Å². The fourth-order valence-corrected chi connectivity index (χ4v) is 2.93. The number of hydrogen-bond acceptors (Lipinski definition) is 6. The Bertz CT molecular complexity index is 639. The van der Waals surface area contributed by atoms with Crippen LogP contribution in [0.1, 0.15) is 30.1 Å². The Hall–Kier alpha value is -2.00. The fraction of sp³-hybridized carbons (Fsp3) is 0.308. The number of rotatable bonds is 3. The summed E-state index contributed by atoms with van der Waals surface area (Å²) >= 11 is 1.55. The Kier molecular flexibility index (Phi) is 3.76. The molecule has 0 aliphatic heterocycles. The summed E-state index contributed by atoms with van der Waals surface area (Å²) in [6, 6.07) is 2.09. The lowest BCUT2D eigenvalue weighted by atomic mass is 10.1. The molecule has 19 heavy (non-hydrogen) atoms. The van der Waals surface area contributed by atoms with Gasteiger partial charge in [-0.25, -0.2) is 15.0 Å². The minimum atomic E-state index is 0.168. The molecule has 5 nitrogen and oxygen atoms in total. The molecule has 0 aromatic carbocycles. The van der Waals surface area contributed by atoms with E-state index in [2.05, 4.69) is 34.9 Å². The minimum Gasteiger partial charge on any atom is -0.368 e. The Morgan fingerprint density at radius 3 is 2.79 bits per heavy atom. The summed E-state index contributed by atoms with van der Waals surface area (Å²) in [5.74, 6) is 1.46. The molecule has 0 amide bonds. The van der Waals surface area contributed by atoms with Crippen LogP contribution in [0.3, 0.4) is 0 Å². The van der Waals surface area contributed by atoms with Crippen molar-refractivity contribution in [3.8, 4) is 16.6 Å². The predicted molar refractivity (Wildman–Crippen MR) is 75.3 cm³/mol. The van der Waals surface area contributed by atoms with E-state index in [1.165, 1.54) is 12.1 Å². The first-order chi connectivity index (χ1) is 9.01. The van der Waals surface area contributed by atoms with Crippen molar-refractivity contribution in [2.24, 2.45) is 0 Å². The Balaban J connectivity index is 2.50. The largest absolute Gasteiger partial charge is 0.368 e. The van der Waals surface area contributed by atoms with Gasteiger partial charge in [-0.2, -0.15) is 5.26 Å². The van der Waals surface area contributed by atoms with E-state index >= 15 is 0 Å². The Morgan fingerprint density at radius 1 is 1.42 bits per heavy atom. The molecule has 1 radical (unpaired) electrons. The summed E-state index contributed by atoms with van der Waals surface area (Å²) in [6.07, 6.45) is 2.29. The summed E-state index contributed by atoms with van der Waals surface area (Å²) < 4.78 is 0. The van der Waals surface area contributed by atoms with Crippen LogP contribution in [0.25, 0.3) is 10.6 Å². The van der Waals surface area contributed by atoms with Crippen LogP contribution < -0.4 is 5.73 Å². The molecule has 2 N–H and O–H groups in total. The third-order valence-electron chi connectivity index (χ3n) is 2.49. The van der Waals surface area contributed by atoms with Gasteiger partial charge in [0.25, 0.3) is 0 Å². The average Bonchev–Trinajstić information content (AvgIpc) is 2.69. The standard InChI is InChI=1S/C13H14N5S/c1-7(2)4-10-17-8(3)12(19-10)11-9(5-14)6-16-13(15)18-11/h6H,4H2,1-3H3,(H2,15,16,18). The molecule has 0 spiro atoms. The van der Waals surface area contributed by atoms with Gasteiger partial charge in [0.05, 0.1) is 27.3 Å². The summed E-state index contributed by atoms with van der Waals surface area (Å²) in [7, 11) is 0. The molecule has 0 aliphatic carbocycles. The number of thiazole rings is 1. The van der Waals surface area contributed by atoms with Crippen LogP contribution in [0.4, 0.5) is 5.95 Å². The van der Waals surface area contributed by atoms with E-state index in [1.54, 1.807) is 11.3 Å². The van der Waals surface area contributed by atoms with E-state index in [4.69, 9.17) is 11.0 Å². The zero-order valence-electron chi connectivity index (χ0n) is 11.1. The molecule has 2 rings (SSSR count). The summed E-state index contributed by atoms with van der Waals surface area (Å²) in [6.45, 7) is 6.05. The monoisotopic (exact) mass is 272 g/mol. The molecule has 0 fully saturated rings. The Labute approximate surface area is 116 Å². The van der Waals surface area contributed by atoms with Crippen molar-refractivity contribution in [3.05, 3.63) is 28.4 Å². The molecule has 2 heterocycles. The van der Waals surface area contributed by atoms with Crippen LogP contribution in [-0.2, 0) is 6.42 Å². The van der Waals surface area contributed by atoms with Gasteiger partial charge in [-0.1, -0.05) is 13.8 Å². The highest BCUT2D eigenvalue weighted by molar-refractivity contribution is 7.15. The molecule has 0 saturated heterocycles. The van der Waals surface area contributed by atoms with Gasteiger partial charge < -0.3 is 5.73 Å². The zero-order valence-corrected chi connectivity index (χ0v) is 11.9. The maximum atomic E-state index is 9.12. The molecule has 0 saturated carbocycles.